The number of aryl methyl sites for hydroxylation is 2. The number of carbonyl (C=O) groups is 1. The number of benzene rings is 1. The Morgan fingerprint density at radius 3 is 2.76 bits per heavy atom. The largest absolute Gasteiger partial charge is 0.478 e. The van der Waals surface area contributed by atoms with Gasteiger partial charge in [0, 0.05) is 18.3 Å². The summed E-state index contributed by atoms with van der Waals surface area (Å²) in [6, 6.07) is 5.43. The van der Waals surface area contributed by atoms with E-state index in [1.54, 1.807) is 19.2 Å². The third-order valence-corrected chi connectivity index (χ3v) is 2.76. The van der Waals surface area contributed by atoms with Crippen molar-refractivity contribution in [1.82, 2.24) is 9.78 Å². The molecule has 88 valence electrons. The molecule has 0 bridgehead atoms. The molecule has 0 aliphatic carbocycles. The molecule has 0 fully saturated rings. The van der Waals surface area contributed by atoms with Gasteiger partial charge in [-0.1, -0.05) is 12.1 Å². The zero-order valence-electron chi connectivity index (χ0n) is 9.84. The molecule has 1 aromatic heterocycles. The second kappa shape index (κ2) is 4.41. The van der Waals surface area contributed by atoms with Gasteiger partial charge in [-0.2, -0.15) is 5.10 Å². The lowest BCUT2D eigenvalue weighted by atomic mass is 10.0. The van der Waals surface area contributed by atoms with E-state index in [4.69, 9.17) is 5.11 Å². The molecule has 4 heteroatoms. The summed E-state index contributed by atoms with van der Waals surface area (Å²) in [5.74, 6) is -0.896. The van der Waals surface area contributed by atoms with Crippen molar-refractivity contribution in [3.63, 3.8) is 0 Å². The lowest BCUT2D eigenvalue weighted by Gasteiger charge is -2.03. The van der Waals surface area contributed by atoms with Gasteiger partial charge in [-0.3, -0.25) is 4.68 Å². The van der Waals surface area contributed by atoms with E-state index in [2.05, 4.69) is 5.10 Å². The van der Waals surface area contributed by atoms with Crippen molar-refractivity contribution < 1.29 is 9.90 Å². The maximum absolute atomic E-state index is 11.0. The number of rotatable bonds is 3. The minimum atomic E-state index is -0.896. The maximum atomic E-state index is 11.0. The number of carboxylic acid groups (broad SMARTS) is 1. The summed E-state index contributed by atoms with van der Waals surface area (Å²) in [4.78, 5) is 11.0. The molecule has 2 aromatic rings. The molecule has 2 rings (SSSR count). The minimum absolute atomic E-state index is 0.340. The lowest BCUT2D eigenvalue weighted by Crippen LogP contribution is -1.99. The van der Waals surface area contributed by atoms with Crippen molar-refractivity contribution in [3.8, 4) is 11.1 Å². The highest BCUT2D eigenvalue weighted by Gasteiger charge is 2.09. The van der Waals surface area contributed by atoms with Crippen LogP contribution in [0.15, 0.2) is 30.6 Å². The van der Waals surface area contributed by atoms with Gasteiger partial charge in [0.25, 0.3) is 0 Å². The molecule has 4 nitrogen and oxygen atoms in total. The summed E-state index contributed by atoms with van der Waals surface area (Å²) >= 11 is 0. The van der Waals surface area contributed by atoms with Crippen molar-refractivity contribution in [3.05, 3.63) is 41.7 Å². The first-order chi connectivity index (χ1) is 8.11. The molecule has 0 aliphatic rings. The van der Waals surface area contributed by atoms with Gasteiger partial charge in [-0.25, -0.2) is 4.79 Å². The fourth-order valence-corrected chi connectivity index (χ4v) is 1.72. The van der Waals surface area contributed by atoms with Gasteiger partial charge in [-0.15, -0.1) is 0 Å². The Balaban J connectivity index is 2.46. The van der Waals surface area contributed by atoms with Crippen molar-refractivity contribution in [2.75, 3.05) is 0 Å². The molecule has 1 N–H and O–H groups in total. The quantitative estimate of drug-likeness (QED) is 0.881. The van der Waals surface area contributed by atoms with Crippen molar-refractivity contribution in [1.29, 1.82) is 0 Å². The molecule has 0 unspecified atom stereocenters. The molecule has 17 heavy (non-hydrogen) atoms. The summed E-state index contributed by atoms with van der Waals surface area (Å²) in [7, 11) is 0. The number of nitrogens with zero attached hydrogens (tertiary/aromatic N) is 2. The summed E-state index contributed by atoms with van der Waals surface area (Å²) in [5.41, 5.74) is 2.93. The Kier molecular flexibility index (Phi) is 2.95. The SMILES string of the molecule is CCn1cc(-c2ccc(C)c(C(=O)O)c2)cn1. The van der Waals surface area contributed by atoms with Gasteiger partial charge in [0.1, 0.15) is 0 Å². The summed E-state index contributed by atoms with van der Waals surface area (Å²) < 4.78 is 1.82. The monoisotopic (exact) mass is 230 g/mol. The highest BCUT2D eigenvalue weighted by atomic mass is 16.4. The maximum Gasteiger partial charge on any atom is 0.335 e. The number of hydrogen-bond donors (Lipinski definition) is 1. The van der Waals surface area contributed by atoms with E-state index >= 15 is 0 Å². The number of hydrogen-bond acceptors (Lipinski definition) is 2. The van der Waals surface area contributed by atoms with Gasteiger partial charge in [0.15, 0.2) is 0 Å². The normalized spacial score (nSPS) is 10.5. The van der Waals surface area contributed by atoms with E-state index in [1.165, 1.54) is 0 Å². The molecule has 0 spiro atoms. The molecule has 1 aromatic carbocycles. The van der Waals surface area contributed by atoms with Crippen molar-refractivity contribution >= 4 is 5.97 Å². The molecule has 0 radical (unpaired) electrons. The molecule has 0 atom stereocenters. The van der Waals surface area contributed by atoms with Gasteiger partial charge in [0.05, 0.1) is 11.8 Å². The average Bonchev–Trinajstić information content (AvgIpc) is 2.78. The van der Waals surface area contributed by atoms with Crippen LogP contribution in [0, 0.1) is 6.92 Å². The van der Waals surface area contributed by atoms with Crippen LogP contribution in [0.5, 0.6) is 0 Å². The zero-order chi connectivity index (χ0) is 12.4. The Morgan fingerprint density at radius 1 is 1.41 bits per heavy atom. The highest BCUT2D eigenvalue weighted by Crippen LogP contribution is 2.22. The number of aromatic nitrogens is 2. The lowest BCUT2D eigenvalue weighted by molar-refractivity contribution is 0.0696. The van der Waals surface area contributed by atoms with E-state index < -0.39 is 5.97 Å². The highest BCUT2D eigenvalue weighted by molar-refractivity contribution is 5.91. The molecular formula is C13H14N2O2. The van der Waals surface area contributed by atoms with E-state index in [0.717, 1.165) is 23.2 Å². The van der Waals surface area contributed by atoms with Crippen LogP contribution in [0.25, 0.3) is 11.1 Å². The average molecular weight is 230 g/mol. The number of carboxylic acids is 1. The van der Waals surface area contributed by atoms with E-state index in [-0.39, 0.29) is 0 Å². The molecule has 0 saturated heterocycles. The second-order valence-electron chi connectivity index (χ2n) is 3.92. The standard InChI is InChI=1S/C13H14N2O2/c1-3-15-8-11(7-14-15)10-5-4-9(2)12(6-10)13(16)17/h4-8H,3H2,1-2H3,(H,16,17). The van der Waals surface area contributed by atoms with E-state index in [1.807, 2.05) is 29.9 Å². The van der Waals surface area contributed by atoms with Crippen LogP contribution in [0.2, 0.25) is 0 Å². The van der Waals surface area contributed by atoms with E-state index in [9.17, 15) is 4.79 Å². The third-order valence-electron chi connectivity index (χ3n) is 2.76. The fraction of sp³-hybridized carbons (Fsp3) is 0.231. The number of aromatic carboxylic acids is 1. The van der Waals surface area contributed by atoms with Crippen LogP contribution in [0.4, 0.5) is 0 Å². The third kappa shape index (κ3) is 2.20. The smallest absolute Gasteiger partial charge is 0.335 e. The summed E-state index contributed by atoms with van der Waals surface area (Å²) in [5, 5.41) is 13.2. The Bertz CT molecular complexity index is 558. The molecule has 0 aliphatic heterocycles. The van der Waals surface area contributed by atoms with Crippen LogP contribution >= 0.6 is 0 Å². The first-order valence-electron chi connectivity index (χ1n) is 5.48. The van der Waals surface area contributed by atoms with Gasteiger partial charge in [-0.05, 0) is 31.0 Å². The van der Waals surface area contributed by atoms with Crippen LogP contribution in [-0.2, 0) is 6.54 Å². The topological polar surface area (TPSA) is 55.1 Å². The van der Waals surface area contributed by atoms with Crippen LogP contribution in [-0.4, -0.2) is 20.9 Å². The Hall–Kier alpha value is -2.10. The Morgan fingerprint density at radius 2 is 2.18 bits per heavy atom. The second-order valence-corrected chi connectivity index (χ2v) is 3.92. The van der Waals surface area contributed by atoms with E-state index in [0.29, 0.717) is 5.56 Å². The molecule has 0 amide bonds. The summed E-state index contributed by atoms with van der Waals surface area (Å²) in [6.07, 6.45) is 3.66. The van der Waals surface area contributed by atoms with Gasteiger partial charge in [0.2, 0.25) is 0 Å². The first kappa shape index (κ1) is 11.4. The predicted octanol–water partition coefficient (Wildman–Crippen LogP) is 2.58. The predicted molar refractivity (Wildman–Crippen MR) is 65.0 cm³/mol. The van der Waals surface area contributed by atoms with Crippen LogP contribution < -0.4 is 0 Å². The molecular weight excluding hydrogens is 216 g/mol. The fourth-order valence-electron chi connectivity index (χ4n) is 1.72. The van der Waals surface area contributed by atoms with Crippen LogP contribution in [0.1, 0.15) is 22.8 Å². The summed E-state index contributed by atoms with van der Waals surface area (Å²) in [6.45, 7) is 4.61. The van der Waals surface area contributed by atoms with Crippen LogP contribution in [0.3, 0.4) is 0 Å². The first-order valence-corrected chi connectivity index (χ1v) is 5.48. The molecule has 1 heterocycles. The van der Waals surface area contributed by atoms with Crippen molar-refractivity contribution in [2.45, 2.75) is 20.4 Å². The van der Waals surface area contributed by atoms with Crippen molar-refractivity contribution in [2.24, 2.45) is 0 Å². The Labute approximate surface area is 99.5 Å². The van der Waals surface area contributed by atoms with Gasteiger partial charge < -0.3 is 5.11 Å². The minimum Gasteiger partial charge on any atom is -0.478 e. The zero-order valence-corrected chi connectivity index (χ0v) is 9.84. The van der Waals surface area contributed by atoms with Gasteiger partial charge >= 0.3 is 5.97 Å². The molecule has 0 saturated carbocycles.